The average molecular weight is 704 g/mol. The molecule has 282 valence electrons. The molecule has 0 aromatic heterocycles. The molecule has 50 heavy (non-hydrogen) atoms. The SMILES string of the molecule is Cc1cc(C)c(/C(C(=O)O)=C(\O)C2CCC(OCCOCCN3CCN(CCOCCOCC(=O)NC(C=O)C(C)(C)C)CC3)CC2)c(C)c1. The zero-order valence-electron chi connectivity index (χ0n) is 31.1. The molecule has 1 atom stereocenters. The van der Waals surface area contributed by atoms with Crippen molar-refractivity contribution in [2.45, 2.75) is 79.4 Å². The number of amides is 1. The highest BCUT2D eigenvalue weighted by Crippen LogP contribution is 2.36. The van der Waals surface area contributed by atoms with Gasteiger partial charge in [0, 0.05) is 45.2 Å². The first-order chi connectivity index (χ1) is 23.8. The van der Waals surface area contributed by atoms with Crippen molar-refractivity contribution in [3.63, 3.8) is 0 Å². The zero-order valence-corrected chi connectivity index (χ0v) is 31.1. The van der Waals surface area contributed by atoms with E-state index in [0.29, 0.717) is 58.0 Å². The number of carbonyl (C=O) groups excluding carboxylic acids is 2. The lowest BCUT2D eigenvalue weighted by atomic mass is 9.82. The fraction of sp³-hybridized carbons (Fsp3) is 0.711. The van der Waals surface area contributed by atoms with Crippen LogP contribution < -0.4 is 5.32 Å². The topological polar surface area (TPSA) is 147 Å². The van der Waals surface area contributed by atoms with Crippen molar-refractivity contribution in [3.8, 4) is 0 Å². The fourth-order valence-corrected chi connectivity index (χ4v) is 6.68. The van der Waals surface area contributed by atoms with E-state index in [2.05, 4.69) is 15.1 Å². The van der Waals surface area contributed by atoms with Gasteiger partial charge in [-0.3, -0.25) is 14.6 Å². The van der Waals surface area contributed by atoms with Gasteiger partial charge in [-0.15, -0.1) is 0 Å². The van der Waals surface area contributed by atoms with Gasteiger partial charge in [0.2, 0.25) is 5.91 Å². The summed E-state index contributed by atoms with van der Waals surface area (Å²) >= 11 is 0. The number of hydrogen-bond donors (Lipinski definition) is 3. The largest absolute Gasteiger partial charge is 0.511 e. The van der Waals surface area contributed by atoms with E-state index in [4.69, 9.17) is 18.9 Å². The summed E-state index contributed by atoms with van der Waals surface area (Å²) in [6, 6.07) is 3.37. The Labute approximate surface area is 298 Å². The number of piperazine rings is 1. The van der Waals surface area contributed by atoms with Gasteiger partial charge in [0.05, 0.1) is 51.8 Å². The van der Waals surface area contributed by atoms with Crippen molar-refractivity contribution in [2.75, 3.05) is 85.5 Å². The molecular formula is C38H61N3O9. The van der Waals surface area contributed by atoms with E-state index >= 15 is 0 Å². The standard InChI is InChI=1S/C38H61N3O9/c1-27-23-28(2)34(29(3)24-27)35(37(45)46)36(44)30-7-9-31(10-8-30)50-22-21-48-18-16-41-13-11-40(12-14-41)15-17-47-19-20-49-26-33(43)39-32(25-42)38(4,5)6/h23-25,30-32,44H,7-22,26H2,1-6H3,(H,39,43)(H,45,46)/b36-35+. The van der Waals surface area contributed by atoms with Crippen LogP contribution in [-0.4, -0.2) is 136 Å². The lowest BCUT2D eigenvalue weighted by Crippen LogP contribution is -2.48. The Morgan fingerprint density at radius 2 is 1.36 bits per heavy atom. The van der Waals surface area contributed by atoms with E-state index < -0.39 is 12.0 Å². The number of benzene rings is 1. The van der Waals surface area contributed by atoms with Crippen LogP contribution in [0.15, 0.2) is 17.9 Å². The zero-order chi connectivity index (χ0) is 36.7. The molecule has 0 bridgehead atoms. The minimum absolute atomic E-state index is 0.0172. The molecule has 1 aromatic rings. The molecule has 1 unspecified atom stereocenters. The van der Waals surface area contributed by atoms with Gasteiger partial charge in [0.1, 0.15) is 24.2 Å². The quantitative estimate of drug-likeness (QED) is 0.0786. The number of carbonyl (C=O) groups is 3. The second kappa shape index (κ2) is 20.8. The Kier molecular flexibility index (Phi) is 17.3. The first kappa shape index (κ1) is 41.5. The molecule has 1 aromatic carbocycles. The Balaban J connectivity index is 1.20. The molecule has 0 radical (unpaired) electrons. The molecule has 2 aliphatic rings. The maximum atomic E-state index is 12.2. The first-order valence-electron chi connectivity index (χ1n) is 18.1. The lowest BCUT2D eigenvalue weighted by Gasteiger charge is -2.34. The third-order valence-electron chi connectivity index (χ3n) is 9.60. The molecule has 12 heteroatoms. The van der Waals surface area contributed by atoms with Crippen LogP contribution in [0.5, 0.6) is 0 Å². The van der Waals surface area contributed by atoms with E-state index in [-0.39, 0.29) is 41.3 Å². The first-order valence-corrected chi connectivity index (χ1v) is 18.1. The number of aldehydes is 1. The number of carboxylic acid groups (broad SMARTS) is 1. The van der Waals surface area contributed by atoms with Crippen LogP contribution in [0.1, 0.15) is 68.7 Å². The van der Waals surface area contributed by atoms with E-state index in [1.807, 2.05) is 53.7 Å². The van der Waals surface area contributed by atoms with Gasteiger partial charge in [-0.25, -0.2) is 4.79 Å². The molecule has 1 heterocycles. The molecule has 1 saturated carbocycles. The molecule has 12 nitrogen and oxygen atoms in total. The number of allylic oxidation sites excluding steroid dienone is 1. The molecular weight excluding hydrogens is 642 g/mol. The predicted octanol–water partition coefficient (Wildman–Crippen LogP) is 3.94. The number of aryl methyl sites for hydroxylation is 3. The monoisotopic (exact) mass is 703 g/mol. The van der Waals surface area contributed by atoms with Gasteiger partial charge >= 0.3 is 5.97 Å². The minimum atomic E-state index is -1.09. The maximum absolute atomic E-state index is 12.2. The van der Waals surface area contributed by atoms with Crippen LogP contribution in [0.2, 0.25) is 0 Å². The number of ether oxygens (including phenoxy) is 4. The van der Waals surface area contributed by atoms with Crippen LogP contribution in [-0.2, 0) is 33.3 Å². The van der Waals surface area contributed by atoms with E-state index in [1.165, 1.54) is 0 Å². The lowest BCUT2D eigenvalue weighted by molar-refractivity contribution is -0.130. The number of rotatable bonds is 20. The van der Waals surface area contributed by atoms with Gasteiger partial charge in [-0.2, -0.15) is 0 Å². The summed E-state index contributed by atoms with van der Waals surface area (Å²) in [4.78, 5) is 40.2. The van der Waals surface area contributed by atoms with Gasteiger partial charge < -0.3 is 39.3 Å². The second-order valence-corrected chi connectivity index (χ2v) is 14.7. The van der Waals surface area contributed by atoms with Gasteiger partial charge in [-0.1, -0.05) is 38.5 Å². The van der Waals surface area contributed by atoms with Crippen LogP contribution in [0, 0.1) is 32.1 Å². The van der Waals surface area contributed by atoms with Crippen molar-refractivity contribution in [1.29, 1.82) is 0 Å². The number of nitrogens with zero attached hydrogens (tertiary/aromatic N) is 2. The molecule has 0 spiro atoms. The Hall–Kier alpha value is -2.87. The number of nitrogens with one attached hydrogen (secondary N) is 1. The molecule has 1 aliphatic carbocycles. The van der Waals surface area contributed by atoms with Crippen LogP contribution in [0.3, 0.4) is 0 Å². The second-order valence-electron chi connectivity index (χ2n) is 14.7. The number of carboxylic acids is 1. The highest BCUT2D eigenvalue weighted by Gasteiger charge is 2.30. The highest BCUT2D eigenvalue weighted by molar-refractivity contribution is 6.17. The van der Waals surface area contributed by atoms with E-state index in [1.54, 1.807) is 0 Å². The molecule has 1 saturated heterocycles. The summed E-state index contributed by atoms with van der Waals surface area (Å²) in [5, 5.41) is 23.8. The summed E-state index contributed by atoms with van der Waals surface area (Å²) in [5.74, 6) is -1.60. The maximum Gasteiger partial charge on any atom is 0.339 e. The van der Waals surface area contributed by atoms with Crippen molar-refractivity contribution in [3.05, 3.63) is 40.1 Å². The Bertz CT molecular complexity index is 1240. The number of aliphatic carboxylic acids is 1. The molecule has 2 fully saturated rings. The summed E-state index contributed by atoms with van der Waals surface area (Å²) in [7, 11) is 0. The highest BCUT2D eigenvalue weighted by atomic mass is 16.5. The smallest absolute Gasteiger partial charge is 0.339 e. The van der Waals surface area contributed by atoms with E-state index in [9.17, 15) is 24.6 Å². The number of aliphatic hydroxyl groups is 1. The van der Waals surface area contributed by atoms with Crippen LogP contribution in [0.4, 0.5) is 0 Å². The Morgan fingerprint density at radius 3 is 1.86 bits per heavy atom. The Morgan fingerprint density at radius 1 is 0.840 bits per heavy atom. The third kappa shape index (κ3) is 13.7. The molecule has 3 rings (SSSR count). The van der Waals surface area contributed by atoms with Crippen LogP contribution in [0.25, 0.3) is 5.57 Å². The summed E-state index contributed by atoms with van der Waals surface area (Å²) in [5.41, 5.74) is 3.10. The predicted molar refractivity (Wildman–Crippen MR) is 192 cm³/mol. The summed E-state index contributed by atoms with van der Waals surface area (Å²) in [6.07, 6.45) is 3.77. The summed E-state index contributed by atoms with van der Waals surface area (Å²) in [6.45, 7) is 20.0. The molecule has 1 amide bonds. The van der Waals surface area contributed by atoms with Crippen molar-refractivity contribution < 1.29 is 43.5 Å². The molecule has 3 N–H and O–H groups in total. The van der Waals surface area contributed by atoms with Crippen LogP contribution >= 0.6 is 0 Å². The fourth-order valence-electron chi connectivity index (χ4n) is 6.68. The van der Waals surface area contributed by atoms with Gasteiger partial charge in [0.25, 0.3) is 0 Å². The normalized spacial score (nSPS) is 20.3. The van der Waals surface area contributed by atoms with Gasteiger partial charge in [-0.05, 0) is 68.6 Å². The van der Waals surface area contributed by atoms with Crippen molar-refractivity contribution in [1.82, 2.24) is 15.1 Å². The van der Waals surface area contributed by atoms with Crippen molar-refractivity contribution in [2.24, 2.45) is 11.3 Å². The third-order valence-corrected chi connectivity index (χ3v) is 9.60. The minimum Gasteiger partial charge on any atom is -0.511 e. The van der Waals surface area contributed by atoms with Crippen molar-refractivity contribution >= 4 is 23.7 Å². The number of hydrogen-bond acceptors (Lipinski definition) is 10. The molecule has 1 aliphatic heterocycles. The van der Waals surface area contributed by atoms with E-state index in [0.717, 1.165) is 75.1 Å². The average Bonchev–Trinajstić information content (AvgIpc) is 3.06. The number of aliphatic hydroxyl groups excluding tert-OH is 1. The summed E-state index contributed by atoms with van der Waals surface area (Å²) < 4.78 is 23.0. The van der Waals surface area contributed by atoms with Gasteiger partial charge in [0.15, 0.2) is 0 Å².